The highest BCUT2D eigenvalue weighted by Crippen LogP contribution is 2.39. The van der Waals surface area contributed by atoms with Crippen LogP contribution in [0.2, 0.25) is 0 Å². The smallest absolute Gasteiger partial charge is 0.251 e. The molecule has 0 spiro atoms. The van der Waals surface area contributed by atoms with Crippen LogP contribution in [0.5, 0.6) is 0 Å². The van der Waals surface area contributed by atoms with Gasteiger partial charge in [0.25, 0.3) is 5.91 Å². The van der Waals surface area contributed by atoms with Crippen LogP contribution in [0.4, 0.5) is 4.39 Å². The molecule has 1 aromatic carbocycles. The SMILES string of the molecule is CC1=C[C@@H](CNC(=O)c2cccc(F)c2)[C@H](C(C)C)C[C@H]1CC(=O)N1CCOCC1. The molecular weight excluding hydrogens is 383 g/mol. The van der Waals surface area contributed by atoms with Gasteiger partial charge in [0, 0.05) is 31.6 Å². The van der Waals surface area contributed by atoms with Gasteiger partial charge in [0.05, 0.1) is 13.2 Å². The van der Waals surface area contributed by atoms with Gasteiger partial charge in [0.2, 0.25) is 5.91 Å². The fourth-order valence-electron chi connectivity index (χ4n) is 4.60. The monoisotopic (exact) mass is 416 g/mol. The highest BCUT2D eigenvalue weighted by atomic mass is 19.1. The summed E-state index contributed by atoms with van der Waals surface area (Å²) in [6.45, 7) is 9.59. The topological polar surface area (TPSA) is 58.6 Å². The van der Waals surface area contributed by atoms with Crippen LogP contribution in [0.25, 0.3) is 0 Å². The molecule has 1 aromatic rings. The second kappa shape index (κ2) is 10.2. The van der Waals surface area contributed by atoms with E-state index in [1.165, 1.54) is 17.7 Å². The van der Waals surface area contributed by atoms with E-state index in [1.54, 1.807) is 12.1 Å². The van der Waals surface area contributed by atoms with E-state index in [4.69, 9.17) is 4.74 Å². The minimum atomic E-state index is -0.413. The Morgan fingerprint density at radius 3 is 2.67 bits per heavy atom. The first-order valence-corrected chi connectivity index (χ1v) is 10.9. The van der Waals surface area contributed by atoms with E-state index in [0.717, 1.165) is 6.42 Å². The predicted molar refractivity (Wildman–Crippen MR) is 114 cm³/mol. The lowest BCUT2D eigenvalue weighted by molar-refractivity contribution is -0.136. The van der Waals surface area contributed by atoms with E-state index in [0.29, 0.717) is 56.7 Å². The van der Waals surface area contributed by atoms with Crippen molar-refractivity contribution in [2.75, 3.05) is 32.8 Å². The number of hydrogen-bond donors (Lipinski definition) is 1. The quantitative estimate of drug-likeness (QED) is 0.720. The molecule has 0 aromatic heterocycles. The van der Waals surface area contributed by atoms with E-state index < -0.39 is 5.82 Å². The van der Waals surface area contributed by atoms with Crippen LogP contribution >= 0.6 is 0 Å². The average molecular weight is 417 g/mol. The molecule has 0 unspecified atom stereocenters. The Labute approximate surface area is 178 Å². The first-order chi connectivity index (χ1) is 14.3. The maximum Gasteiger partial charge on any atom is 0.251 e. The van der Waals surface area contributed by atoms with Crippen molar-refractivity contribution in [1.29, 1.82) is 0 Å². The number of benzene rings is 1. The van der Waals surface area contributed by atoms with Crippen LogP contribution in [0.1, 0.15) is 44.0 Å². The molecule has 30 heavy (non-hydrogen) atoms. The molecule has 6 heteroatoms. The standard InChI is InChI=1S/C24H33FN2O3/c1-16(2)22-13-19(14-23(28)27-7-9-30-10-8-27)17(3)11-20(22)15-26-24(29)18-5-4-6-21(25)12-18/h4-6,11-12,16,19-20,22H,7-10,13-15H2,1-3H3,(H,26,29)/t19-,20-,22-/m0/s1. The Hall–Kier alpha value is -2.21. The Balaban J connectivity index is 1.63. The molecule has 1 fully saturated rings. The molecule has 0 bridgehead atoms. The van der Waals surface area contributed by atoms with Gasteiger partial charge in [-0.25, -0.2) is 4.39 Å². The third kappa shape index (κ3) is 5.69. The predicted octanol–water partition coefficient (Wildman–Crippen LogP) is 3.66. The van der Waals surface area contributed by atoms with Gasteiger partial charge >= 0.3 is 0 Å². The third-order valence-corrected chi connectivity index (χ3v) is 6.45. The first kappa shape index (κ1) is 22.5. The Morgan fingerprint density at radius 2 is 2.00 bits per heavy atom. The van der Waals surface area contributed by atoms with Crippen molar-refractivity contribution in [3.8, 4) is 0 Å². The van der Waals surface area contributed by atoms with Gasteiger partial charge in [-0.2, -0.15) is 0 Å². The average Bonchev–Trinajstić information content (AvgIpc) is 2.73. The molecule has 1 aliphatic heterocycles. The van der Waals surface area contributed by atoms with Crippen LogP contribution in [0, 0.1) is 29.5 Å². The van der Waals surface area contributed by atoms with Crippen LogP contribution in [0.3, 0.4) is 0 Å². The van der Waals surface area contributed by atoms with Crippen molar-refractivity contribution in [3.05, 3.63) is 47.3 Å². The van der Waals surface area contributed by atoms with Crippen molar-refractivity contribution in [2.24, 2.45) is 23.7 Å². The number of allylic oxidation sites excluding steroid dienone is 1. The van der Waals surface area contributed by atoms with Crippen molar-refractivity contribution in [3.63, 3.8) is 0 Å². The molecule has 1 saturated heterocycles. The van der Waals surface area contributed by atoms with Crippen molar-refractivity contribution in [2.45, 2.75) is 33.6 Å². The zero-order valence-corrected chi connectivity index (χ0v) is 18.2. The number of nitrogens with zero attached hydrogens (tertiary/aromatic N) is 1. The van der Waals surface area contributed by atoms with Gasteiger partial charge in [-0.1, -0.05) is 31.6 Å². The highest BCUT2D eigenvalue weighted by molar-refractivity contribution is 5.94. The number of nitrogens with one attached hydrogen (secondary N) is 1. The summed E-state index contributed by atoms with van der Waals surface area (Å²) in [7, 11) is 0. The molecule has 0 saturated carbocycles. The molecule has 3 atom stereocenters. The molecule has 1 aliphatic carbocycles. The summed E-state index contributed by atoms with van der Waals surface area (Å²) < 4.78 is 18.7. The van der Waals surface area contributed by atoms with Crippen LogP contribution < -0.4 is 5.32 Å². The van der Waals surface area contributed by atoms with E-state index in [-0.39, 0.29) is 23.7 Å². The molecule has 164 valence electrons. The number of carbonyl (C=O) groups excluding carboxylic acids is 2. The summed E-state index contributed by atoms with van der Waals surface area (Å²) in [6.07, 6.45) is 3.71. The second-order valence-electron chi connectivity index (χ2n) is 8.83. The van der Waals surface area contributed by atoms with Gasteiger partial charge in [-0.3, -0.25) is 9.59 Å². The lowest BCUT2D eigenvalue weighted by atomic mass is 9.69. The Morgan fingerprint density at radius 1 is 1.27 bits per heavy atom. The van der Waals surface area contributed by atoms with Gasteiger partial charge in [-0.15, -0.1) is 0 Å². The summed E-state index contributed by atoms with van der Waals surface area (Å²) in [5.74, 6) is 0.795. The van der Waals surface area contributed by atoms with Crippen molar-refractivity contribution < 1.29 is 18.7 Å². The van der Waals surface area contributed by atoms with Crippen molar-refractivity contribution in [1.82, 2.24) is 10.2 Å². The lowest BCUT2D eigenvalue weighted by Crippen LogP contribution is -2.42. The Bertz CT molecular complexity index is 786. The largest absolute Gasteiger partial charge is 0.378 e. The number of amides is 2. The number of hydrogen-bond acceptors (Lipinski definition) is 3. The molecule has 0 radical (unpaired) electrons. The van der Waals surface area contributed by atoms with E-state index in [9.17, 15) is 14.0 Å². The summed E-state index contributed by atoms with van der Waals surface area (Å²) in [6, 6.07) is 5.75. The minimum absolute atomic E-state index is 0.205. The maximum atomic E-state index is 13.4. The second-order valence-corrected chi connectivity index (χ2v) is 8.83. The van der Waals surface area contributed by atoms with Gasteiger partial charge < -0.3 is 15.0 Å². The Kier molecular flexibility index (Phi) is 7.64. The lowest BCUT2D eigenvalue weighted by Gasteiger charge is -2.38. The molecule has 3 rings (SSSR count). The minimum Gasteiger partial charge on any atom is -0.378 e. The maximum absolute atomic E-state index is 13.4. The summed E-state index contributed by atoms with van der Waals surface area (Å²) in [4.78, 5) is 27.1. The summed E-state index contributed by atoms with van der Waals surface area (Å²) in [5.41, 5.74) is 1.56. The van der Waals surface area contributed by atoms with Gasteiger partial charge in [-0.05, 0) is 55.2 Å². The number of carbonyl (C=O) groups is 2. The van der Waals surface area contributed by atoms with Crippen LogP contribution in [-0.4, -0.2) is 49.6 Å². The molecular formula is C24H33FN2O3. The van der Waals surface area contributed by atoms with Gasteiger partial charge in [0.1, 0.15) is 5.82 Å². The molecule has 1 heterocycles. The number of rotatable bonds is 6. The fraction of sp³-hybridized carbons (Fsp3) is 0.583. The summed E-state index contributed by atoms with van der Waals surface area (Å²) >= 11 is 0. The number of ether oxygens (including phenoxy) is 1. The molecule has 1 N–H and O–H groups in total. The normalized spacial score (nSPS) is 24.5. The van der Waals surface area contributed by atoms with E-state index in [2.05, 4.69) is 32.2 Å². The van der Waals surface area contributed by atoms with Gasteiger partial charge in [0.15, 0.2) is 0 Å². The zero-order chi connectivity index (χ0) is 21.7. The number of morpholine rings is 1. The van der Waals surface area contributed by atoms with E-state index in [1.807, 2.05) is 4.90 Å². The highest BCUT2D eigenvalue weighted by Gasteiger charge is 2.33. The molecule has 2 amide bonds. The molecule has 2 aliphatic rings. The van der Waals surface area contributed by atoms with E-state index >= 15 is 0 Å². The zero-order valence-electron chi connectivity index (χ0n) is 18.2. The first-order valence-electron chi connectivity index (χ1n) is 10.9. The van der Waals surface area contributed by atoms with Crippen LogP contribution in [0.15, 0.2) is 35.9 Å². The van der Waals surface area contributed by atoms with Crippen LogP contribution in [-0.2, 0) is 9.53 Å². The number of halogens is 1. The van der Waals surface area contributed by atoms with Crippen molar-refractivity contribution >= 4 is 11.8 Å². The third-order valence-electron chi connectivity index (χ3n) is 6.45. The molecule has 5 nitrogen and oxygen atoms in total. The fourth-order valence-corrected chi connectivity index (χ4v) is 4.60. The summed E-state index contributed by atoms with van der Waals surface area (Å²) in [5, 5.41) is 2.97.